The van der Waals surface area contributed by atoms with Gasteiger partial charge in [-0.3, -0.25) is 4.79 Å². The fourth-order valence-electron chi connectivity index (χ4n) is 3.25. The minimum atomic E-state index is -0.242. The van der Waals surface area contributed by atoms with Crippen molar-refractivity contribution in [3.8, 4) is 0 Å². The van der Waals surface area contributed by atoms with Gasteiger partial charge in [0.05, 0.1) is 28.8 Å². The standard InChI is InChI=1S/C21H19Cl2N3O2/c1-13-10-20(26-6-8-28-9-7-26)25-19-5-3-15(12-16(13)19)24-21(27)14-2-4-17(22)18(23)11-14/h2-5,10-12H,6-9H2,1H3,(H,24,27). The number of morpholine rings is 1. The maximum absolute atomic E-state index is 12.5. The number of nitrogens with one attached hydrogen (secondary N) is 1. The molecule has 0 atom stereocenters. The molecule has 1 fully saturated rings. The van der Waals surface area contributed by atoms with Crippen molar-refractivity contribution in [2.24, 2.45) is 0 Å². The van der Waals surface area contributed by atoms with Crippen molar-refractivity contribution in [3.05, 3.63) is 63.6 Å². The van der Waals surface area contributed by atoms with Gasteiger partial charge < -0.3 is 15.0 Å². The number of benzene rings is 2. The lowest BCUT2D eigenvalue weighted by atomic mass is 10.1. The first-order valence-corrected chi connectivity index (χ1v) is 9.77. The number of anilines is 2. The number of hydrogen-bond donors (Lipinski definition) is 1. The van der Waals surface area contributed by atoms with E-state index in [1.807, 2.05) is 18.2 Å². The van der Waals surface area contributed by atoms with Crippen molar-refractivity contribution >= 4 is 51.5 Å². The SMILES string of the molecule is Cc1cc(N2CCOCC2)nc2ccc(NC(=O)c3ccc(Cl)c(Cl)c3)cc12. The molecule has 0 saturated carbocycles. The molecule has 2 heterocycles. The normalized spacial score (nSPS) is 14.3. The number of ether oxygens (including phenoxy) is 1. The van der Waals surface area contributed by atoms with Gasteiger partial charge >= 0.3 is 0 Å². The second-order valence-electron chi connectivity index (χ2n) is 6.71. The molecule has 1 N–H and O–H groups in total. The van der Waals surface area contributed by atoms with E-state index in [1.165, 1.54) is 0 Å². The summed E-state index contributed by atoms with van der Waals surface area (Å²) in [6, 6.07) is 12.6. The van der Waals surface area contributed by atoms with Crippen molar-refractivity contribution in [2.45, 2.75) is 6.92 Å². The molecule has 0 radical (unpaired) electrons. The Labute approximate surface area is 173 Å². The molecule has 2 aromatic carbocycles. The van der Waals surface area contributed by atoms with E-state index in [9.17, 15) is 4.79 Å². The van der Waals surface area contributed by atoms with Crippen LogP contribution < -0.4 is 10.2 Å². The molecule has 1 aliphatic rings. The van der Waals surface area contributed by atoms with Crippen molar-refractivity contribution in [3.63, 3.8) is 0 Å². The smallest absolute Gasteiger partial charge is 0.255 e. The number of pyridine rings is 1. The van der Waals surface area contributed by atoms with E-state index in [2.05, 4.69) is 23.2 Å². The van der Waals surface area contributed by atoms with Gasteiger partial charge in [0.25, 0.3) is 5.91 Å². The molecular weight excluding hydrogens is 397 g/mol. The number of nitrogens with zero attached hydrogens (tertiary/aromatic N) is 2. The third kappa shape index (κ3) is 3.92. The first kappa shape index (κ1) is 19.0. The van der Waals surface area contributed by atoms with Crippen LogP contribution in [0.15, 0.2) is 42.5 Å². The Morgan fingerprint density at radius 2 is 1.86 bits per heavy atom. The lowest BCUT2D eigenvalue weighted by molar-refractivity contribution is 0.102. The zero-order chi connectivity index (χ0) is 19.7. The lowest BCUT2D eigenvalue weighted by Gasteiger charge is -2.28. The predicted molar refractivity (Wildman–Crippen MR) is 114 cm³/mol. The Balaban J connectivity index is 1.59. The third-order valence-corrected chi connectivity index (χ3v) is 5.52. The quantitative estimate of drug-likeness (QED) is 0.657. The van der Waals surface area contributed by atoms with Crippen molar-refractivity contribution in [2.75, 3.05) is 36.5 Å². The zero-order valence-electron chi connectivity index (χ0n) is 15.3. The fraction of sp³-hybridized carbons (Fsp3) is 0.238. The molecule has 5 nitrogen and oxygen atoms in total. The van der Waals surface area contributed by atoms with Crippen LogP contribution in [0.1, 0.15) is 15.9 Å². The first-order chi connectivity index (χ1) is 13.5. The van der Waals surface area contributed by atoms with Gasteiger partial charge in [-0.15, -0.1) is 0 Å². The van der Waals surface area contributed by atoms with Crippen molar-refractivity contribution in [1.29, 1.82) is 0 Å². The Hall–Kier alpha value is -2.34. The second kappa shape index (κ2) is 7.95. The monoisotopic (exact) mass is 415 g/mol. The van der Waals surface area contributed by atoms with Gasteiger partial charge in [-0.2, -0.15) is 0 Å². The molecule has 1 amide bonds. The second-order valence-corrected chi connectivity index (χ2v) is 7.53. The number of halogens is 2. The highest BCUT2D eigenvalue weighted by molar-refractivity contribution is 6.42. The van der Waals surface area contributed by atoms with E-state index in [1.54, 1.807) is 18.2 Å². The molecule has 0 aliphatic carbocycles. The molecule has 0 bridgehead atoms. The van der Waals surface area contributed by atoms with E-state index in [-0.39, 0.29) is 5.91 Å². The number of fused-ring (bicyclic) bond motifs is 1. The van der Waals surface area contributed by atoms with Crippen LogP contribution in [0.25, 0.3) is 10.9 Å². The molecule has 7 heteroatoms. The van der Waals surface area contributed by atoms with E-state index in [0.717, 1.165) is 48.6 Å². The lowest BCUT2D eigenvalue weighted by Crippen LogP contribution is -2.36. The van der Waals surface area contributed by atoms with Gasteiger partial charge in [-0.1, -0.05) is 23.2 Å². The van der Waals surface area contributed by atoms with E-state index in [0.29, 0.717) is 21.3 Å². The highest BCUT2D eigenvalue weighted by atomic mass is 35.5. The number of amides is 1. The number of carbonyl (C=O) groups excluding carboxylic acids is 1. The number of aryl methyl sites for hydroxylation is 1. The maximum atomic E-state index is 12.5. The van der Waals surface area contributed by atoms with Gasteiger partial charge in [0, 0.05) is 29.7 Å². The molecule has 0 unspecified atom stereocenters. The summed E-state index contributed by atoms with van der Waals surface area (Å²) < 4.78 is 5.42. The Morgan fingerprint density at radius 1 is 1.07 bits per heavy atom. The summed E-state index contributed by atoms with van der Waals surface area (Å²) in [6.45, 7) is 5.18. The van der Waals surface area contributed by atoms with Crippen LogP contribution in [0.2, 0.25) is 10.0 Å². The molecule has 4 rings (SSSR count). The zero-order valence-corrected chi connectivity index (χ0v) is 16.8. The molecule has 1 aliphatic heterocycles. The summed E-state index contributed by atoms with van der Waals surface area (Å²) in [5, 5.41) is 4.68. The minimum absolute atomic E-state index is 0.242. The third-order valence-electron chi connectivity index (χ3n) is 4.78. The van der Waals surface area contributed by atoms with Crippen LogP contribution >= 0.6 is 23.2 Å². The largest absolute Gasteiger partial charge is 0.378 e. The molecule has 144 valence electrons. The summed E-state index contributed by atoms with van der Waals surface area (Å²) >= 11 is 11.9. The van der Waals surface area contributed by atoms with Crippen LogP contribution in [0.5, 0.6) is 0 Å². The van der Waals surface area contributed by atoms with Gasteiger partial charge in [0.2, 0.25) is 0 Å². The van der Waals surface area contributed by atoms with Gasteiger partial charge in [-0.25, -0.2) is 4.98 Å². The van der Waals surface area contributed by atoms with Crippen LogP contribution in [0, 0.1) is 6.92 Å². The van der Waals surface area contributed by atoms with Crippen molar-refractivity contribution in [1.82, 2.24) is 4.98 Å². The average Bonchev–Trinajstić information content (AvgIpc) is 2.71. The molecule has 1 saturated heterocycles. The predicted octanol–water partition coefficient (Wildman–Crippen LogP) is 4.94. The summed E-state index contributed by atoms with van der Waals surface area (Å²) in [7, 11) is 0. The highest BCUT2D eigenvalue weighted by Crippen LogP contribution is 2.27. The van der Waals surface area contributed by atoms with Crippen LogP contribution in [-0.4, -0.2) is 37.2 Å². The average molecular weight is 416 g/mol. The molecular formula is C21H19Cl2N3O2. The van der Waals surface area contributed by atoms with Crippen LogP contribution in [-0.2, 0) is 4.74 Å². The van der Waals surface area contributed by atoms with Crippen LogP contribution in [0.4, 0.5) is 11.5 Å². The topological polar surface area (TPSA) is 54.5 Å². The number of aromatic nitrogens is 1. The number of rotatable bonds is 3. The summed E-state index contributed by atoms with van der Waals surface area (Å²) in [4.78, 5) is 19.5. The summed E-state index contributed by atoms with van der Waals surface area (Å²) in [5.74, 6) is 0.717. The molecule has 0 spiro atoms. The molecule has 1 aromatic heterocycles. The van der Waals surface area contributed by atoms with Gasteiger partial charge in [0.1, 0.15) is 5.82 Å². The number of hydrogen-bond acceptors (Lipinski definition) is 4. The minimum Gasteiger partial charge on any atom is -0.378 e. The summed E-state index contributed by atoms with van der Waals surface area (Å²) in [6.07, 6.45) is 0. The summed E-state index contributed by atoms with van der Waals surface area (Å²) in [5.41, 5.74) is 3.16. The van der Waals surface area contributed by atoms with Gasteiger partial charge in [0.15, 0.2) is 0 Å². The maximum Gasteiger partial charge on any atom is 0.255 e. The van der Waals surface area contributed by atoms with Crippen molar-refractivity contribution < 1.29 is 9.53 Å². The van der Waals surface area contributed by atoms with E-state index >= 15 is 0 Å². The van der Waals surface area contributed by atoms with Crippen LogP contribution in [0.3, 0.4) is 0 Å². The van der Waals surface area contributed by atoms with E-state index in [4.69, 9.17) is 32.9 Å². The first-order valence-electron chi connectivity index (χ1n) is 9.02. The molecule has 28 heavy (non-hydrogen) atoms. The Morgan fingerprint density at radius 3 is 2.61 bits per heavy atom. The number of carbonyl (C=O) groups is 1. The Bertz CT molecular complexity index is 1050. The Kier molecular flexibility index (Phi) is 5.40. The van der Waals surface area contributed by atoms with E-state index < -0.39 is 0 Å². The highest BCUT2D eigenvalue weighted by Gasteiger charge is 2.15. The van der Waals surface area contributed by atoms with Gasteiger partial charge in [-0.05, 0) is 55.0 Å². The fourth-order valence-corrected chi connectivity index (χ4v) is 3.55. The molecule has 3 aromatic rings.